The average molecular weight is 528 g/mol. The fourth-order valence-electron chi connectivity index (χ4n) is 5.04. The van der Waals surface area contributed by atoms with E-state index in [1.165, 1.54) is 29.0 Å². The quantitative estimate of drug-likeness (QED) is 0.237. The van der Waals surface area contributed by atoms with Crippen molar-refractivity contribution < 1.29 is 10.0 Å². The van der Waals surface area contributed by atoms with Crippen molar-refractivity contribution in [2.45, 2.75) is 23.8 Å². The minimum absolute atomic E-state index is 0.191. The van der Waals surface area contributed by atoms with E-state index in [0.717, 1.165) is 40.1 Å². The number of hydrogen-bond donors (Lipinski definition) is 1. The van der Waals surface area contributed by atoms with E-state index in [1.807, 2.05) is 18.4 Å². The van der Waals surface area contributed by atoms with Gasteiger partial charge in [-0.1, -0.05) is 53.8 Å². The van der Waals surface area contributed by atoms with Crippen LogP contribution in [0.2, 0.25) is 0 Å². The summed E-state index contributed by atoms with van der Waals surface area (Å²) >= 11 is 2.94. The summed E-state index contributed by atoms with van der Waals surface area (Å²) in [6.07, 6.45) is 5.34. The molecule has 37 heavy (non-hydrogen) atoms. The molecule has 0 bridgehead atoms. The van der Waals surface area contributed by atoms with Gasteiger partial charge in [0, 0.05) is 16.5 Å². The molecule has 1 atom stereocenters. The molecule has 2 heterocycles. The lowest BCUT2D eigenvalue weighted by Gasteiger charge is -2.30. The summed E-state index contributed by atoms with van der Waals surface area (Å²) in [5, 5.41) is 21.1. The van der Waals surface area contributed by atoms with Crippen molar-refractivity contribution in [2.75, 3.05) is 6.26 Å². The molecule has 4 aromatic rings. The SMILES string of the molecule is CSc1ccc(C2C3=C(N=c4sc(=Cc5ccc(O)c([N+](=O)[O-])c5)c(=O)n42)c2ccccc2CC3)cc1. The first-order valence-corrected chi connectivity index (χ1v) is 13.7. The molecule has 7 nitrogen and oxygen atoms in total. The Bertz CT molecular complexity index is 1790. The number of fused-ring (bicyclic) bond motifs is 3. The number of thiazole rings is 1. The Hall–Kier alpha value is -3.95. The molecule has 0 saturated carbocycles. The molecule has 9 heteroatoms. The van der Waals surface area contributed by atoms with Crippen LogP contribution in [-0.4, -0.2) is 20.9 Å². The predicted octanol–water partition coefficient (Wildman–Crippen LogP) is 4.65. The third kappa shape index (κ3) is 4.00. The van der Waals surface area contributed by atoms with Crippen LogP contribution in [-0.2, 0) is 6.42 Å². The first-order valence-electron chi connectivity index (χ1n) is 11.7. The number of hydrogen-bond acceptors (Lipinski definition) is 7. The highest BCUT2D eigenvalue weighted by molar-refractivity contribution is 7.98. The van der Waals surface area contributed by atoms with E-state index in [1.54, 1.807) is 28.5 Å². The van der Waals surface area contributed by atoms with Crippen molar-refractivity contribution in [2.24, 2.45) is 4.99 Å². The summed E-state index contributed by atoms with van der Waals surface area (Å²) in [6, 6.07) is 20.4. The van der Waals surface area contributed by atoms with Crippen LogP contribution >= 0.6 is 23.1 Å². The van der Waals surface area contributed by atoms with Crippen molar-refractivity contribution in [3.05, 3.63) is 124 Å². The van der Waals surface area contributed by atoms with Gasteiger partial charge in [-0.05, 0) is 65.6 Å². The molecule has 0 amide bonds. The van der Waals surface area contributed by atoms with Gasteiger partial charge in [0.25, 0.3) is 5.56 Å². The number of rotatable bonds is 4. The van der Waals surface area contributed by atoms with Gasteiger partial charge in [-0.15, -0.1) is 11.8 Å². The molecular formula is C28H21N3O4S2. The van der Waals surface area contributed by atoms with Crippen LogP contribution in [0.1, 0.15) is 34.7 Å². The standard InChI is InChI=1S/C28H21N3O4S2/c1-36-19-10-7-18(8-11-19)26-21-12-9-17-4-2-3-5-20(17)25(21)29-28-30(26)27(33)24(37-28)15-16-6-13-23(32)22(14-16)31(34)35/h2-8,10-11,13-15,26,32H,9,12H2,1H3. The third-order valence-electron chi connectivity index (χ3n) is 6.80. The lowest BCUT2D eigenvalue weighted by Crippen LogP contribution is -2.38. The van der Waals surface area contributed by atoms with E-state index >= 15 is 0 Å². The Morgan fingerprint density at radius 3 is 2.68 bits per heavy atom. The second-order valence-electron chi connectivity index (χ2n) is 8.89. The van der Waals surface area contributed by atoms with Gasteiger partial charge in [0.05, 0.1) is 21.2 Å². The minimum Gasteiger partial charge on any atom is -0.502 e. The maximum atomic E-state index is 13.8. The smallest absolute Gasteiger partial charge is 0.311 e. The highest BCUT2D eigenvalue weighted by Gasteiger charge is 2.32. The van der Waals surface area contributed by atoms with Crippen LogP contribution in [0.25, 0.3) is 11.8 Å². The van der Waals surface area contributed by atoms with Gasteiger partial charge in [-0.3, -0.25) is 19.5 Å². The van der Waals surface area contributed by atoms with Crippen LogP contribution < -0.4 is 14.9 Å². The van der Waals surface area contributed by atoms with Gasteiger partial charge >= 0.3 is 5.69 Å². The summed E-state index contributed by atoms with van der Waals surface area (Å²) in [5.74, 6) is -0.413. The number of aromatic hydroxyl groups is 1. The second-order valence-corrected chi connectivity index (χ2v) is 10.8. The number of phenolic OH excluding ortho intramolecular Hbond substituents is 1. The summed E-state index contributed by atoms with van der Waals surface area (Å²) < 4.78 is 2.18. The molecule has 1 aliphatic carbocycles. The zero-order valence-electron chi connectivity index (χ0n) is 19.7. The van der Waals surface area contributed by atoms with Crippen molar-refractivity contribution in [3.63, 3.8) is 0 Å². The highest BCUT2D eigenvalue weighted by Crippen LogP contribution is 2.41. The van der Waals surface area contributed by atoms with E-state index in [9.17, 15) is 20.0 Å². The van der Waals surface area contributed by atoms with Gasteiger partial charge in [0.2, 0.25) is 0 Å². The van der Waals surface area contributed by atoms with E-state index < -0.39 is 16.4 Å². The largest absolute Gasteiger partial charge is 0.502 e. The normalized spacial score (nSPS) is 16.6. The summed E-state index contributed by atoms with van der Waals surface area (Å²) in [4.78, 5) is 31.2. The Labute approximate surface area is 219 Å². The Morgan fingerprint density at radius 2 is 1.92 bits per heavy atom. The molecule has 1 N–H and O–H groups in total. The number of benzene rings is 3. The van der Waals surface area contributed by atoms with E-state index in [2.05, 4.69) is 36.4 Å². The zero-order chi connectivity index (χ0) is 25.7. The van der Waals surface area contributed by atoms with Gasteiger partial charge in [-0.2, -0.15) is 0 Å². The first kappa shape index (κ1) is 23.4. The molecule has 1 aromatic heterocycles. The van der Waals surface area contributed by atoms with Crippen LogP contribution in [0.15, 0.2) is 87.0 Å². The van der Waals surface area contributed by atoms with Crippen molar-refractivity contribution >= 4 is 40.6 Å². The fourth-order valence-corrected chi connectivity index (χ4v) is 6.45. The molecule has 2 aliphatic rings. The van der Waals surface area contributed by atoms with E-state index in [4.69, 9.17) is 4.99 Å². The van der Waals surface area contributed by atoms with Gasteiger partial charge in [0.15, 0.2) is 10.6 Å². The first-order chi connectivity index (χ1) is 17.9. The number of phenols is 1. The van der Waals surface area contributed by atoms with Crippen LogP contribution in [0.4, 0.5) is 5.69 Å². The molecule has 0 radical (unpaired) electrons. The maximum Gasteiger partial charge on any atom is 0.311 e. The van der Waals surface area contributed by atoms with Crippen LogP contribution in [0.3, 0.4) is 0 Å². The average Bonchev–Trinajstić information content (AvgIpc) is 3.22. The number of nitrogens with zero attached hydrogens (tertiary/aromatic N) is 3. The van der Waals surface area contributed by atoms with Gasteiger partial charge in [-0.25, -0.2) is 4.99 Å². The zero-order valence-corrected chi connectivity index (χ0v) is 21.4. The Morgan fingerprint density at radius 1 is 1.14 bits per heavy atom. The third-order valence-corrected chi connectivity index (χ3v) is 8.52. The molecule has 0 fully saturated rings. The lowest BCUT2D eigenvalue weighted by molar-refractivity contribution is -0.385. The molecule has 1 unspecified atom stereocenters. The van der Waals surface area contributed by atoms with Crippen LogP contribution in [0, 0.1) is 10.1 Å². The Balaban J connectivity index is 1.59. The lowest BCUT2D eigenvalue weighted by atomic mass is 9.83. The van der Waals surface area contributed by atoms with E-state index in [-0.39, 0.29) is 11.6 Å². The van der Waals surface area contributed by atoms with Gasteiger partial charge < -0.3 is 5.11 Å². The summed E-state index contributed by atoms with van der Waals surface area (Å²) in [7, 11) is 0. The predicted molar refractivity (Wildman–Crippen MR) is 146 cm³/mol. The highest BCUT2D eigenvalue weighted by atomic mass is 32.2. The fraction of sp³-hybridized carbons (Fsp3) is 0.143. The molecule has 184 valence electrons. The molecular weight excluding hydrogens is 506 g/mol. The molecule has 0 spiro atoms. The topological polar surface area (TPSA) is 97.7 Å². The Kier molecular flexibility index (Phi) is 5.81. The van der Waals surface area contributed by atoms with Crippen molar-refractivity contribution in [3.8, 4) is 5.75 Å². The summed E-state index contributed by atoms with van der Waals surface area (Å²) in [6.45, 7) is 0. The molecule has 3 aromatic carbocycles. The molecule has 1 aliphatic heterocycles. The van der Waals surface area contributed by atoms with Crippen molar-refractivity contribution in [1.29, 1.82) is 0 Å². The van der Waals surface area contributed by atoms with Gasteiger partial charge in [0.1, 0.15) is 0 Å². The second kappa shape index (κ2) is 9.17. The number of allylic oxidation sites excluding steroid dienone is 1. The monoisotopic (exact) mass is 527 g/mol. The maximum absolute atomic E-state index is 13.8. The number of thioether (sulfide) groups is 1. The number of nitro benzene ring substituents is 1. The van der Waals surface area contributed by atoms with Crippen molar-refractivity contribution in [1.82, 2.24) is 4.57 Å². The van der Waals surface area contributed by atoms with E-state index in [0.29, 0.717) is 14.9 Å². The minimum atomic E-state index is -0.641. The molecule has 0 saturated heterocycles. The van der Waals surface area contributed by atoms with Crippen LogP contribution in [0.5, 0.6) is 5.75 Å². The number of aryl methyl sites for hydroxylation is 1. The summed E-state index contributed by atoms with van der Waals surface area (Å²) in [5.41, 5.74) is 5.28. The number of aromatic nitrogens is 1. The molecule has 6 rings (SSSR count). The number of nitro groups is 1.